The van der Waals surface area contributed by atoms with E-state index in [9.17, 15) is 14.4 Å². The molecule has 1 aromatic rings. The van der Waals surface area contributed by atoms with Gasteiger partial charge in [-0.2, -0.15) is 0 Å². The number of piperazine rings is 1. The molecule has 7 heteroatoms. The summed E-state index contributed by atoms with van der Waals surface area (Å²) in [6.45, 7) is 3.36. The summed E-state index contributed by atoms with van der Waals surface area (Å²) in [5, 5.41) is 3.12. The molecule has 1 N–H and O–H groups in total. The molecule has 1 aromatic carbocycles. The number of rotatable bonds is 2. The van der Waals surface area contributed by atoms with E-state index in [1.165, 1.54) is 11.8 Å². The molecule has 1 aliphatic rings. The second-order valence-electron chi connectivity index (χ2n) is 5.07. The highest BCUT2D eigenvalue weighted by Gasteiger charge is 2.26. The molecular weight excluding hydrogens is 306 g/mol. The van der Waals surface area contributed by atoms with Crippen molar-refractivity contribution in [2.24, 2.45) is 0 Å². The summed E-state index contributed by atoms with van der Waals surface area (Å²) in [4.78, 5) is 38.3. The predicted octanol–water partition coefficient (Wildman–Crippen LogP) is 0.647. The minimum absolute atomic E-state index is 0.0183. The van der Waals surface area contributed by atoms with Crippen LogP contribution in [0.1, 0.15) is 12.5 Å². The molecule has 0 aromatic heterocycles. The standard InChI is InChI=1S/C15H18ClN3O3/c1-11(20)18-6-8-19(9-7-18)15(22)14(21)17-10-12-4-2-3-5-13(12)16/h2-5H,6-10H2,1H3,(H,17,21). The maximum atomic E-state index is 12.1. The number of hydrogen-bond acceptors (Lipinski definition) is 3. The molecule has 1 saturated heterocycles. The Bertz CT molecular complexity index is 583. The average molecular weight is 324 g/mol. The van der Waals surface area contributed by atoms with Gasteiger partial charge in [-0.1, -0.05) is 29.8 Å². The molecular formula is C15H18ClN3O3. The van der Waals surface area contributed by atoms with Crippen molar-refractivity contribution in [2.75, 3.05) is 26.2 Å². The lowest BCUT2D eigenvalue weighted by Gasteiger charge is -2.33. The molecule has 0 bridgehead atoms. The molecule has 0 aliphatic carbocycles. The number of carbonyl (C=O) groups excluding carboxylic acids is 3. The summed E-state index contributed by atoms with van der Waals surface area (Å²) in [6.07, 6.45) is 0. The Kier molecular flexibility index (Phi) is 5.38. The van der Waals surface area contributed by atoms with E-state index < -0.39 is 11.8 Å². The van der Waals surface area contributed by atoms with Crippen LogP contribution >= 0.6 is 11.6 Å². The third kappa shape index (κ3) is 3.98. The first kappa shape index (κ1) is 16.3. The van der Waals surface area contributed by atoms with Crippen LogP contribution in [0.25, 0.3) is 0 Å². The van der Waals surface area contributed by atoms with Crippen molar-refractivity contribution in [2.45, 2.75) is 13.5 Å². The van der Waals surface area contributed by atoms with Gasteiger partial charge in [-0.3, -0.25) is 14.4 Å². The molecule has 0 saturated carbocycles. The zero-order chi connectivity index (χ0) is 16.1. The summed E-state index contributed by atoms with van der Waals surface area (Å²) in [5.74, 6) is -1.25. The molecule has 6 nitrogen and oxygen atoms in total. The van der Waals surface area contributed by atoms with E-state index in [0.717, 1.165) is 5.56 Å². The quantitative estimate of drug-likeness (QED) is 0.812. The molecule has 0 atom stereocenters. The van der Waals surface area contributed by atoms with Gasteiger partial charge in [0.25, 0.3) is 0 Å². The van der Waals surface area contributed by atoms with Crippen LogP contribution in [0.2, 0.25) is 5.02 Å². The smallest absolute Gasteiger partial charge is 0.312 e. The number of benzene rings is 1. The van der Waals surface area contributed by atoms with Crippen LogP contribution in [0, 0.1) is 0 Å². The van der Waals surface area contributed by atoms with Gasteiger partial charge in [-0.25, -0.2) is 0 Å². The van der Waals surface area contributed by atoms with Gasteiger partial charge in [-0.15, -0.1) is 0 Å². The van der Waals surface area contributed by atoms with E-state index in [2.05, 4.69) is 5.32 Å². The maximum absolute atomic E-state index is 12.1. The summed E-state index contributed by atoms with van der Waals surface area (Å²) >= 11 is 6.00. The molecule has 1 fully saturated rings. The largest absolute Gasteiger partial charge is 0.344 e. The third-order valence-electron chi connectivity index (χ3n) is 3.60. The van der Waals surface area contributed by atoms with Crippen molar-refractivity contribution >= 4 is 29.3 Å². The Balaban J connectivity index is 1.84. The Hall–Kier alpha value is -2.08. The Morgan fingerprint density at radius 3 is 2.27 bits per heavy atom. The van der Waals surface area contributed by atoms with Crippen molar-refractivity contribution in [1.82, 2.24) is 15.1 Å². The first-order valence-corrected chi connectivity index (χ1v) is 7.43. The number of halogens is 1. The lowest BCUT2D eigenvalue weighted by Crippen LogP contribution is -2.53. The van der Waals surface area contributed by atoms with Gasteiger partial charge in [0.2, 0.25) is 5.91 Å². The summed E-state index contributed by atoms with van der Waals surface area (Å²) in [7, 11) is 0. The highest BCUT2D eigenvalue weighted by atomic mass is 35.5. The molecule has 118 valence electrons. The molecule has 3 amide bonds. The van der Waals surface area contributed by atoms with E-state index in [-0.39, 0.29) is 12.5 Å². The fourth-order valence-corrected chi connectivity index (χ4v) is 2.46. The lowest BCUT2D eigenvalue weighted by molar-refractivity contribution is -0.148. The van der Waals surface area contributed by atoms with Gasteiger partial charge < -0.3 is 15.1 Å². The number of nitrogens with one attached hydrogen (secondary N) is 1. The van der Waals surface area contributed by atoms with Crippen LogP contribution in [0.3, 0.4) is 0 Å². The highest BCUT2D eigenvalue weighted by Crippen LogP contribution is 2.14. The van der Waals surface area contributed by atoms with Crippen molar-refractivity contribution in [3.63, 3.8) is 0 Å². The van der Waals surface area contributed by atoms with E-state index in [4.69, 9.17) is 11.6 Å². The fraction of sp³-hybridized carbons (Fsp3) is 0.400. The topological polar surface area (TPSA) is 69.7 Å². The van der Waals surface area contributed by atoms with Crippen LogP contribution in [0.5, 0.6) is 0 Å². The second-order valence-corrected chi connectivity index (χ2v) is 5.48. The van der Waals surface area contributed by atoms with E-state index in [0.29, 0.717) is 31.2 Å². The molecule has 0 unspecified atom stereocenters. The number of hydrogen-bond donors (Lipinski definition) is 1. The molecule has 1 aliphatic heterocycles. The zero-order valence-electron chi connectivity index (χ0n) is 12.3. The monoisotopic (exact) mass is 323 g/mol. The first-order valence-electron chi connectivity index (χ1n) is 7.05. The molecule has 22 heavy (non-hydrogen) atoms. The van der Waals surface area contributed by atoms with Gasteiger partial charge in [-0.05, 0) is 11.6 Å². The van der Waals surface area contributed by atoms with Gasteiger partial charge in [0.15, 0.2) is 0 Å². The molecule has 2 rings (SSSR count). The Labute approximate surface area is 134 Å². The summed E-state index contributed by atoms with van der Waals surface area (Å²) < 4.78 is 0. The second kappa shape index (κ2) is 7.26. The number of amides is 3. The predicted molar refractivity (Wildman–Crippen MR) is 82.1 cm³/mol. The Morgan fingerprint density at radius 2 is 1.68 bits per heavy atom. The van der Waals surface area contributed by atoms with Crippen LogP contribution in [0.15, 0.2) is 24.3 Å². The van der Waals surface area contributed by atoms with Gasteiger partial charge in [0, 0.05) is 44.7 Å². The van der Waals surface area contributed by atoms with Crippen molar-refractivity contribution in [3.8, 4) is 0 Å². The van der Waals surface area contributed by atoms with Gasteiger partial charge in [0.05, 0.1) is 0 Å². The van der Waals surface area contributed by atoms with Crippen LogP contribution in [-0.2, 0) is 20.9 Å². The van der Waals surface area contributed by atoms with Crippen LogP contribution in [-0.4, -0.2) is 53.7 Å². The molecule has 0 radical (unpaired) electrons. The van der Waals surface area contributed by atoms with Crippen molar-refractivity contribution in [3.05, 3.63) is 34.9 Å². The highest BCUT2D eigenvalue weighted by molar-refractivity contribution is 6.35. The van der Waals surface area contributed by atoms with E-state index in [1.807, 2.05) is 6.07 Å². The van der Waals surface area contributed by atoms with Crippen molar-refractivity contribution < 1.29 is 14.4 Å². The average Bonchev–Trinajstić information content (AvgIpc) is 2.53. The van der Waals surface area contributed by atoms with Gasteiger partial charge >= 0.3 is 11.8 Å². The lowest BCUT2D eigenvalue weighted by atomic mass is 10.2. The fourth-order valence-electron chi connectivity index (χ4n) is 2.26. The summed E-state index contributed by atoms with van der Waals surface area (Å²) in [5.41, 5.74) is 0.756. The minimum Gasteiger partial charge on any atom is -0.344 e. The van der Waals surface area contributed by atoms with E-state index >= 15 is 0 Å². The Morgan fingerprint density at radius 1 is 1.09 bits per heavy atom. The van der Waals surface area contributed by atoms with E-state index in [1.54, 1.807) is 23.1 Å². The van der Waals surface area contributed by atoms with Crippen molar-refractivity contribution in [1.29, 1.82) is 0 Å². The first-order chi connectivity index (χ1) is 10.5. The minimum atomic E-state index is -0.656. The van der Waals surface area contributed by atoms with Crippen LogP contribution in [0.4, 0.5) is 0 Å². The number of carbonyl (C=O) groups is 3. The summed E-state index contributed by atoms with van der Waals surface area (Å²) in [6, 6.07) is 7.13. The third-order valence-corrected chi connectivity index (χ3v) is 3.97. The normalized spacial score (nSPS) is 14.6. The molecule has 0 spiro atoms. The van der Waals surface area contributed by atoms with Crippen LogP contribution < -0.4 is 5.32 Å². The maximum Gasteiger partial charge on any atom is 0.312 e. The molecule has 1 heterocycles. The SMILES string of the molecule is CC(=O)N1CCN(C(=O)C(=O)NCc2ccccc2Cl)CC1. The zero-order valence-corrected chi connectivity index (χ0v) is 13.1. The number of nitrogens with zero attached hydrogens (tertiary/aromatic N) is 2. The van der Waals surface area contributed by atoms with Gasteiger partial charge in [0.1, 0.15) is 0 Å².